The lowest BCUT2D eigenvalue weighted by atomic mass is 10.2. The molecule has 0 radical (unpaired) electrons. The molecule has 1 heterocycles. The molecule has 1 rings (SSSR count). The van der Waals surface area contributed by atoms with Gasteiger partial charge in [0.25, 0.3) is 5.91 Å². The van der Waals surface area contributed by atoms with Gasteiger partial charge in [0, 0.05) is 12.6 Å². The molecule has 0 aromatic carbocycles. The monoisotopic (exact) mass is 285 g/mol. The van der Waals surface area contributed by atoms with E-state index < -0.39 is 5.97 Å². The van der Waals surface area contributed by atoms with Gasteiger partial charge in [-0.25, -0.2) is 0 Å². The van der Waals surface area contributed by atoms with Crippen molar-refractivity contribution >= 4 is 23.6 Å². The van der Waals surface area contributed by atoms with Gasteiger partial charge in [-0.2, -0.15) is 11.8 Å². The average Bonchev–Trinajstić information content (AvgIpc) is 2.78. The zero-order chi connectivity index (χ0) is 14.4. The Bertz CT molecular complexity index is 444. The molecule has 19 heavy (non-hydrogen) atoms. The van der Waals surface area contributed by atoms with E-state index in [9.17, 15) is 9.59 Å². The Balaban J connectivity index is 2.79. The van der Waals surface area contributed by atoms with Gasteiger partial charge in [0.2, 0.25) is 0 Å². The molecule has 1 N–H and O–H groups in total. The topological polar surface area (TPSA) is 70.8 Å². The highest BCUT2D eigenvalue weighted by atomic mass is 32.2. The molecular weight excluding hydrogens is 266 g/mol. The van der Waals surface area contributed by atoms with E-state index in [4.69, 9.17) is 9.52 Å². The summed E-state index contributed by atoms with van der Waals surface area (Å²) < 4.78 is 5.46. The summed E-state index contributed by atoms with van der Waals surface area (Å²) in [5.41, 5.74) is 0. The number of rotatable bonds is 7. The van der Waals surface area contributed by atoms with Crippen molar-refractivity contribution in [2.24, 2.45) is 0 Å². The molecule has 1 unspecified atom stereocenters. The number of carbonyl (C=O) groups is 2. The number of aliphatic carboxylic acids is 1. The van der Waals surface area contributed by atoms with E-state index >= 15 is 0 Å². The van der Waals surface area contributed by atoms with Crippen molar-refractivity contribution in [2.45, 2.75) is 32.1 Å². The van der Waals surface area contributed by atoms with Gasteiger partial charge >= 0.3 is 5.97 Å². The van der Waals surface area contributed by atoms with E-state index in [-0.39, 0.29) is 24.1 Å². The first-order valence-electron chi connectivity index (χ1n) is 6.10. The number of thioether (sulfide) groups is 1. The van der Waals surface area contributed by atoms with Crippen LogP contribution in [-0.4, -0.2) is 40.7 Å². The van der Waals surface area contributed by atoms with Crippen molar-refractivity contribution in [2.75, 3.05) is 12.8 Å². The largest absolute Gasteiger partial charge is 0.481 e. The van der Waals surface area contributed by atoms with Crippen LogP contribution in [0.3, 0.4) is 0 Å². The van der Waals surface area contributed by atoms with Crippen molar-refractivity contribution in [1.82, 2.24) is 4.90 Å². The third-order valence-electron chi connectivity index (χ3n) is 2.76. The molecule has 5 nitrogen and oxygen atoms in total. The molecule has 0 aliphatic carbocycles. The molecule has 1 amide bonds. The molecule has 1 atom stereocenters. The number of hydrogen-bond donors (Lipinski definition) is 1. The van der Waals surface area contributed by atoms with Crippen LogP contribution >= 0.6 is 11.8 Å². The highest BCUT2D eigenvalue weighted by Crippen LogP contribution is 2.17. The number of carboxylic acid groups (broad SMARTS) is 1. The van der Waals surface area contributed by atoms with Gasteiger partial charge in [0.15, 0.2) is 5.76 Å². The Morgan fingerprint density at radius 3 is 2.68 bits per heavy atom. The van der Waals surface area contributed by atoms with Crippen LogP contribution in [0.15, 0.2) is 16.5 Å². The Kier molecular flexibility index (Phi) is 5.95. The van der Waals surface area contributed by atoms with Gasteiger partial charge in [0.1, 0.15) is 5.76 Å². The van der Waals surface area contributed by atoms with Gasteiger partial charge in [0.05, 0.1) is 12.2 Å². The van der Waals surface area contributed by atoms with Crippen molar-refractivity contribution in [3.05, 3.63) is 23.7 Å². The zero-order valence-electron chi connectivity index (χ0n) is 11.4. The summed E-state index contributed by atoms with van der Waals surface area (Å²) in [4.78, 5) is 24.5. The third-order valence-corrected chi connectivity index (χ3v) is 3.34. The van der Waals surface area contributed by atoms with Crippen LogP contribution in [0, 0.1) is 0 Å². The lowest BCUT2D eigenvalue weighted by molar-refractivity contribution is -0.138. The Hall–Kier alpha value is -1.43. The van der Waals surface area contributed by atoms with Crippen LogP contribution in [0.4, 0.5) is 0 Å². The number of hydrogen-bond acceptors (Lipinski definition) is 4. The molecule has 1 aromatic heterocycles. The summed E-state index contributed by atoms with van der Waals surface area (Å²) in [5.74, 6) is 0.551. The number of amides is 1. The summed E-state index contributed by atoms with van der Waals surface area (Å²) in [6.45, 7) is 4.00. The summed E-state index contributed by atoms with van der Waals surface area (Å²) >= 11 is 1.61. The van der Waals surface area contributed by atoms with Crippen LogP contribution in [0.1, 0.15) is 36.6 Å². The highest BCUT2D eigenvalue weighted by molar-refractivity contribution is 7.97. The van der Waals surface area contributed by atoms with E-state index in [0.717, 1.165) is 5.76 Å². The molecule has 1 aromatic rings. The zero-order valence-corrected chi connectivity index (χ0v) is 12.2. The Morgan fingerprint density at radius 2 is 2.16 bits per heavy atom. The molecule has 0 saturated heterocycles. The standard InChI is InChI=1S/C13H19NO4S/c1-4-14(9(2)7-12(15)16)13(17)11-6-5-10(18-11)8-19-3/h5-6,9H,4,7-8H2,1-3H3,(H,15,16). The molecule has 6 heteroatoms. The second-order valence-electron chi connectivity index (χ2n) is 4.24. The van der Waals surface area contributed by atoms with Crippen molar-refractivity contribution < 1.29 is 19.1 Å². The molecular formula is C13H19NO4S. The fourth-order valence-electron chi connectivity index (χ4n) is 1.87. The number of furan rings is 1. The summed E-state index contributed by atoms with van der Waals surface area (Å²) in [6.07, 6.45) is 1.88. The van der Waals surface area contributed by atoms with E-state index in [2.05, 4.69) is 0 Å². The lowest BCUT2D eigenvalue weighted by Gasteiger charge is -2.25. The van der Waals surface area contributed by atoms with Crippen LogP contribution in [0.25, 0.3) is 0 Å². The normalized spacial score (nSPS) is 12.2. The van der Waals surface area contributed by atoms with Gasteiger partial charge in [-0.1, -0.05) is 0 Å². The Labute approximate surface area is 117 Å². The van der Waals surface area contributed by atoms with E-state index in [1.807, 2.05) is 13.2 Å². The van der Waals surface area contributed by atoms with Crippen LogP contribution in [0.2, 0.25) is 0 Å². The number of carboxylic acids is 1. The summed E-state index contributed by atoms with van der Waals surface area (Å²) in [7, 11) is 0. The molecule has 0 aliphatic heterocycles. The summed E-state index contributed by atoms with van der Waals surface area (Å²) in [6, 6.07) is 3.06. The quantitative estimate of drug-likeness (QED) is 0.833. The maximum atomic E-state index is 12.2. The first-order chi connectivity index (χ1) is 8.99. The second kappa shape index (κ2) is 7.23. The van der Waals surface area contributed by atoms with Crippen LogP contribution in [-0.2, 0) is 10.5 Å². The molecule has 0 spiro atoms. The van der Waals surface area contributed by atoms with E-state index in [1.54, 1.807) is 30.8 Å². The smallest absolute Gasteiger partial charge is 0.305 e. The van der Waals surface area contributed by atoms with Gasteiger partial charge in [-0.3, -0.25) is 9.59 Å². The first-order valence-corrected chi connectivity index (χ1v) is 7.49. The van der Waals surface area contributed by atoms with Crippen LogP contribution < -0.4 is 0 Å². The minimum atomic E-state index is -0.915. The first kappa shape index (κ1) is 15.6. The number of carbonyl (C=O) groups excluding carboxylic acids is 1. The molecule has 0 bridgehead atoms. The second-order valence-corrected chi connectivity index (χ2v) is 5.10. The average molecular weight is 285 g/mol. The van der Waals surface area contributed by atoms with Gasteiger partial charge in [-0.15, -0.1) is 0 Å². The van der Waals surface area contributed by atoms with E-state index in [1.165, 1.54) is 4.90 Å². The maximum Gasteiger partial charge on any atom is 0.305 e. The minimum Gasteiger partial charge on any atom is -0.481 e. The van der Waals surface area contributed by atoms with Crippen molar-refractivity contribution in [1.29, 1.82) is 0 Å². The van der Waals surface area contributed by atoms with Gasteiger partial charge in [-0.05, 0) is 32.2 Å². The minimum absolute atomic E-state index is 0.0715. The van der Waals surface area contributed by atoms with Crippen LogP contribution in [0.5, 0.6) is 0 Å². The SMILES string of the molecule is CCN(C(=O)c1ccc(CSC)o1)C(C)CC(=O)O. The molecule has 0 saturated carbocycles. The van der Waals surface area contributed by atoms with E-state index in [0.29, 0.717) is 12.3 Å². The molecule has 0 fully saturated rings. The molecule has 0 aliphatic rings. The van der Waals surface area contributed by atoms with Crippen molar-refractivity contribution in [3.63, 3.8) is 0 Å². The van der Waals surface area contributed by atoms with Gasteiger partial charge < -0.3 is 14.4 Å². The third kappa shape index (κ3) is 4.31. The predicted molar refractivity (Wildman–Crippen MR) is 74.4 cm³/mol. The highest BCUT2D eigenvalue weighted by Gasteiger charge is 2.24. The predicted octanol–water partition coefficient (Wildman–Crippen LogP) is 2.47. The summed E-state index contributed by atoms with van der Waals surface area (Å²) in [5, 5.41) is 8.79. The number of nitrogens with zero attached hydrogens (tertiary/aromatic N) is 1. The van der Waals surface area contributed by atoms with Crippen molar-refractivity contribution in [3.8, 4) is 0 Å². The lowest BCUT2D eigenvalue weighted by Crippen LogP contribution is -2.39. The fraction of sp³-hybridized carbons (Fsp3) is 0.538. The fourth-order valence-corrected chi connectivity index (χ4v) is 2.31. The maximum absolute atomic E-state index is 12.2. The Morgan fingerprint density at radius 1 is 1.47 bits per heavy atom. The molecule has 106 valence electrons.